The van der Waals surface area contributed by atoms with E-state index in [1.807, 2.05) is 13.0 Å². The van der Waals surface area contributed by atoms with Gasteiger partial charge in [-0.3, -0.25) is 4.79 Å². The van der Waals surface area contributed by atoms with Crippen LogP contribution in [0, 0.1) is 5.92 Å². The van der Waals surface area contributed by atoms with Gasteiger partial charge in [0.1, 0.15) is 0 Å². The van der Waals surface area contributed by atoms with Gasteiger partial charge in [-0.15, -0.1) is 6.58 Å². The second-order valence-corrected chi connectivity index (χ2v) is 4.58. The summed E-state index contributed by atoms with van der Waals surface area (Å²) in [5.74, 6) is 0.219. The summed E-state index contributed by atoms with van der Waals surface area (Å²) in [6.07, 6.45) is 11.1. The molecule has 0 aromatic rings. The Balaban J connectivity index is 0. The van der Waals surface area contributed by atoms with E-state index in [1.165, 1.54) is 38.5 Å². The SMILES string of the molecule is C=CCCCCCC(C)CC.CCCC(=O)O. The number of carboxylic acids is 1. The maximum atomic E-state index is 9.60. The predicted molar refractivity (Wildman–Crippen MR) is 75.3 cm³/mol. The van der Waals surface area contributed by atoms with E-state index < -0.39 is 5.97 Å². The van der Waals surface area contributed by atoms with Crippen LogP contribution in [-0.4, -0.2) is 11.1 Å². The summed E-state index contributed by atoms with van der Waals surface area (Å²) in [7, 11) is 0. The third-order valence-corrected chi connectivity index (χ3v) is 2.77. The van der Waals surface area contributed by atoms with Gasteiger partial charge in [0.15, 0.2) is 0 Å². The molecule has 0 aromatic carbocycles. The van der Waals surface area contributed by atoms with Crippen LogP contribution in [0.3, 0.4) is 0 Å². The van der Waals surface area contributed by atoms with Crippen LogP contribution >= 0.6 is 0 Å². The van der Waals surface area contributed by atoms with Crippen molar-refractivity contribution in [1.29, 1.82) is 0 Å². The highest BCUT2D eigenvalue weighted by atomic mass is 16.4. The zero-order chi connectivity index (χ0) is 13.5. The lowest BCUT2D eigenvalue weighted by atomic mass is 10.0. The Kier molecular flexibility index (Phi) is 16.6. The van der Waals surface area contributed by atoms with Gasteiger partial charge in [0.2, 0.25) is 0 Å². The van der Waals surface area contributed by atoms with E-state index in [0.717, 1.165) is 12.3 Å². The van der Waals surface area contributed by atoms with Crippen molar-refractivity contribution in [3.63, 3.8) is 0 Å². The van der Waals surface area contributed by atoms with Gasteiger partial charge in [-0.25, -0.2) is 0 Å². The van der Waals surface area contributed by atoms with Crippen molar-refractivity contribution in [2.45, 2.75) is 72.1 Å². The first kappa shape index (κ1) is 18.6. The molecule has 0 aromatic heterocycles. The largest absolute Gasteiger partial charge is 0.481 e. The molecule has 0 radical (unpaired) electrons. The highest BCUT2D eigenvalue weighted by molar-refractivity contribution is 5.66. The van der Waals surface area contributed by atoms with Crippen molar-refractivity contribution in [3.8, 4) is 0 Å². The molecule has 0 saturated heterocycles. The lowest BCUT2D eigenvalue weighted by molar-refractivity contribution is -0.137. The average molecular weight is 242 g/mol. The summed E-state index contributed by atoms with van der Waals surface area (Å²) < 4.78 is 0. The van der Waals surface area contributed by atoms with Gasteiger partial charge in [0, 0.05) is 6.42 Å². The number of aliphatic carboxylic acids is 1. The van der Waals surface area contributed by atoms with Crippen molar-refractivity contribution in [3.05, 3.63) is 12.7 Å². The Morgan fingerprint density at radius 1 is 1.29 bits per heavy atom. The summed E-state index contributed by atoms with van der Waals surface area (Å²) in [6.45, 7) is 10.2. The van der Waals surface area contributed by atoms with Gasteiger partial charge in [-0.05, 0) is 25.2 Å². The molecule has 0 bridgehead atoms. The van der Waals surface area contributed by atoms with Gasteiger partial charge in [0.25, 0.3) is 0 Å². The molecule has 0 aliphatic rings. The van der Waals surface area contributed by atoms with Crippen LogP contribution in [-0.2, 0) is 4.79 Å². The molecule has 0 fully saturated rings. The van der Waals surface area contributed by atoms with E-state index in [1.54, 1.807) is 0 Å². The Hall–Kier alpha value is -0.790. The Bertz CT molecular complexity index is 176. The van der Waals surface area contributed by atoms with Crippen LogP contribution in [0.25, 0.3) is 0 Å². The second-order valence-electron chi connectivity index (χ2n) is 4.58. The summed E-state index contributed by atoms with van der Waals surface area (Å²) >= 11 is 0. The van der Waals surface area contributed by atoms with Crippen molar-refractivity contribution < 1.29 is 9.90 Å². The van der Waals surface area contributed by atoms with E-state index in [9.17, 15) is 4.79 Å². The molecular weight excluding hydrogens is 212 g/mol. The van der Waals surface area contributed by atoms with Gasteiger partial charge in [-0.1, -0.05) is 52.5 Å². The van der Waals surface area contributed by atoms with Crippen molar-refractivity contribution in [1.82, 2.24) is 0 Å². The summed E-state index contributed by atoms with van der Waals surface area (Å²) in [4.78, 5) is 9.60. The van der Waals surface area contributed by atoms with Gasteiger partial charge in [-0.2, -0.15) is 0 Å². The molecule has 0 aliphatic heterocycles. The van der Waals surface area contributed by atoms with Crippen LogP contribution in [0.1, 0.15) is 72.1 Å². The first-order chi connectivity index (χ1) is 8.08. The van der Waals surface area contributed by atoms with Gasteiger partial charge in [0.05, 0.1) is 0 Å². The van der Waals surface area contributed by atoms with Gasteiger partial charge < -0.3 is 5.11 Å². The molecule has 1 N–H and O–H groups in total. The Morgan fingerprint density at radius 3 is 2.29 bits per heavy atom. The summed E-state index contributed by atoms with van der Waals surface area (Å²) in [5.41, 5.74) is 0. The minimum Gasteiger partial charge on any atom is -0.481 e. The quantitative estimate of drug-likeness (QED) is 0.454. The number of hydrogen-bond donors (Lipinski definition) is 1. The van der Waals surface area contributed by atoms with E-state index in [4.69, 9.17) is 5.11 Å². The van der Waals surface area contributed by atoms with E-state index in [0.29, 0.717) is 6.42 Å². The molecule has 0 saturated carbocycles. The fourth-order valence-corrected chi connectivity index (χ4v) is 1.38. The van der Waals surface area contributed by atoms with Crippen LogP contribution in [0.4, 0.5) is 0 Å². The lowest BCUT2D eigenvalue weighted by Gasteiger charge is -2.06. The normalized spacial score (nSPS) is 11.2. The predicted octanol–water partition coefficient (Wildman–Crippen LogP) is 5.04. The fraction of sp³-hybridized carbons (Fsp3) is 0.800. The zero-order valence-corrected chi connectivity index (χ0v) is 11.9. The van der Waals surface area contributed by atoms with E-state index in [2.05, 4.69) is 20.4 Å². The van der Waals surface area contributed by atoms with Gasteiger partial charge >= 0.3 is 5.97 Å². The number of unbranched alkanes of at least 4 members (excludes halogenated alkanes) is 3. The highest BCUT2D eigenvalue weighted by Crippen LogP contribution is 2.12. The van der Waals surface area contributed by atoms with Crippen LogP contribution in [0.2, 0.25) is 0 Å². The molecule has 1 atom stereocenters. The topological polar surface area (TPSA) is 37.3 Å². The maximum absolute atomic E-state index is 9.60. The van der Waals surface area contributed by atoms with E-state index >= 15 is 0 Å². The fourth-order valence-electron chi connectivity index (χ4n) is 1.38. The third-order valence-electron chi connectivity index (χ3n) is 2.77. The first-order valence-electron chi connectivity index (χ1n) is 6.91. The van der Waals surface area contributed by atoms with E-state index in [-0.39, 0.29) is 0 Å². The highest BCUT2D eigenvalue weighted by Gasteiger charge is 1.96. The smallest absolute Gasteiger partial charge is 0.303 e. The molecule has 0 spiro atoms. The van der Waals surface area contributed by atoms with Crippen LogP contribution in [0.5, 0.6) is 0 Å². The third kappa shape index (κ3) is 21.1. The van der Waals surface area contributed by atoms with Crippen LogP contribution in [0.15, 0.2) is 12.7 Å². The molecule has 0 aliphatic carbocycles. The molecule has 17 heavy (non-hydrogen) atoms. The Morgan fingerprint density at radius 2 is 1.94 bits per heavy atom. The number of hydrogen-bond acceptors (Lipinski definition) is 1. The molecule has 0 heterocycles. The van der Waals surface area contributed by atoms with Crippen molar-refractivity contribution in [2.75, 3.05) is 0 Å². The molecule has 2 nitrogen and oxygen atoms in total. The minimum absolute atomic E-state index is 0.292. The Labute approximate surface area is 107 Å². The molecule has 2 heteroatoms. The second kappa shape index (κ2) is 15.2. The standard InChI is InChI=1S/C11H22.C4H8O2/c1-4-6-7-8-9-10-11(3)5-2;1-2-3-4(5)6/h4,11H,1,5-10H2,2-3H3;2-3H2,1H3,(H,5,6). The average Bonchev–Trinajstić information content (AvgIpc) is 2.29. The molecule has 0 rings (SSSR count). The number of carboxylic acid groups (broad SMARTS) is 1. The summed E-state index contributed by atoms with van der Waals surface area (Å²) in [6, 6.07) is 0. The van der Waals surface area contributed by atoms with Crippen LogP contribution < -0.4 is 0 Å². The summed E-state index contributed by atoms with van der Waals surface area (Å²) in [5, 5.41) is 7.91. The maximum Gasteiger partial charge on any atom is 0.303 e. The number of carbonyl (C=O) groups is 1. The molecule has 1 unspecified atom stereocenters. The lowest BCUT2D eigenvalue weighted by Crippen LogP contribution is -1.91. The molecular formula is C15H30O2. The van der Waals surface area contributed by atoms with Crippen molar-refractivity contribution >= 4 is 5.97 Å². The number of allylic oxidation sites excluding steroid dienone is 1. The monoisotopic (exact) mass is 242 g/mol. The molecule has 0 amide bonds. The van der Waals surface area contributed by atoms with Crippen molar-refractivity contribution in [2.24, 2.45) is 5.92 Å². The minimum atomic E-state index is -0.711. The molecule has 102 valence electrons. The number of rotatable bonds is 9. The first-order valence-corrected chi connectivity index (χ1v) is 6.91. The zero-order valence-electron chi connectivity index (χ0n) is 11.9.